The number of likely N-dealkylation sites (N-methyl/N-ethyl adjacent to an activating group) is 1. The number of carbonyl (C=O) groups is 1. The molecule has 0 unspecified atom stereocenters. The Morgan fingerprint density at radius 3 is 2.39 bits per heavy atom. The standard InChI is InChI=1S/C22H28F2N4O3/c1-25-22(28(4)14-16-8-10-18(11-9-16)31-21(23)24)26-13-17-6-5-7-19(12-17)30-15-20(29)27(2)3/h5-12,21H,13-15H2,1-4H3,(H,25,26). The molecule has 0 aliphatic rings. The van der Waals surface area contributed by atoms with Gasteiger partial charge in [-0.25, -0.2) is 0 Å². The molecule has 1 amide bonds. The highest BCUT2D eigenvalue weighted by Crippen LogP contribution is 2.16. The van der Waals surface area contributed by atoms with Crippen molar-refractivity contribution in [2.24, 2.45) is 4.99 Å². The summed E-state index contributed by atoms with van der Waals surface area (Å²) in [5.74, 6) is 1.30. The van der Waals surface area contributed by atoms with Gasteiger partial charge < -0.3 is 24.6 Å². The Kier molecular flexibility index (Phi) is 9.05. The molecule has 0 heterocycles. The summed E-state index contributed by atoms with van der Waals surface area (Å²) >= 11 is 0. The molecule has 0 atom stereocenters. The first-order valence-corrected chi connectivity index (χ1v) is 9.66. The summed E-state index contributed by atoms with van der Waals surface area (Å²) in [6.45, 7) is -1.81. The van der Waals surface area contributed by atoms with Gasteiger partial charge in [0.25, 0.3) is 5.91 Å². The fourth-order valence-corrected chi connectivity index (χ4v) is 2.71. The molecule has 0 saturated heterocycles. The first kappa shape index (κ1) is 23.9. The summed E-state index contributed by atoms with van der Waals surface area (Å²) in [7, 11) is 6.93. The largest absolute Gasteiger partial charge is 0.484 e. The van der Waals surface area contributed by atoms with Gasteiger partial charge in [0.2, 0.25) is 0 Å². The Bertz CT molecular complexity index is 873. The molecule has 0 aromatic heterocycles. The second kappa shape index (κ2) is 11.7. The highest BCUT2D eigenvalue weighted by atomic mass is 19.3. The van der Waals surface area contributed by atoms with Crippen molar-refractivity contribution in [1.82, 2.24) is 15.1 Å². The van der Waals surface area contributed by atoms with E-state index in [0.29, 0.717) is 24.8 Å². The Balaban J connectivity index is 1.90. The molecule has 168 valence electrons. The van der Waals surface area contributed by atoms with E-state index in [0.717, 1.165) is 11.1 Å². The van der Waals surface area contributed by atoms with E-state index < -0.39 is 6.61 Å². The maximum absolute atomic E-state index is 12.3. The van der Waals surface area contributed by atoms with Crippen molar-refractivity contribution in [3.8, 4) is 11.5 Å². The van der Waals surface area contributed by atoms with Crippen LogP contribution in [0.2, 0.25) is 0 Å². The van der Waals surface area contributed by atoms with Gasteiger partial charge in [0.1, 0.15) is 11.5 Å². The minimum Gasteiger partial charge on any atom is -0.484 e. The number of amides is 1. The topological polar surface area (TPSA) is 66.4 Å². The molecule has 0 aliphatic heterocycles. The van der Waals surface area contributed by atoms with Crippen LogP contribution >= 0.6 is 0 Å². The van der Waals surface area contributed by atoms with Gasteiger partial charge in [-0.2, -0.15) is 8.78 Å². The van der Waals surface area contributed by atoms with Crippen LogP contribution in [0.5, 0.6) is 11.5 Å². The van der Waals surface area contributed by atoms with Crippen molar-refractivity contribution >= 4 is 11.9 Å². The Hall–Kier alpha value is -3.36. The summed E-state index contributed by atoms with van der Waals surface area (Å²) in [4.78, 5) is 19.3. The monoisotopic (exact) mass is 434 g/mol. The third-order valence-electron chi connectivity index (χ3n) is 4.35. The van der Waals surface area contributed by atoms with Crippen LogP contribution in [-0.4, -0.2) is 63.1 Å². The number of rotatable bonds is 9. The van der Waals surface area contributed by atoms with Crippen molar-refractivity contribution in [2.75, 3.05) is 34.8 Å². The maximum atomic E-state index is 12.3. The summed E-state index contributed by atoms with van der Waals surface area (Å²) in [6.07, 6.45) is 0. The highest BCUT2D eigenvalue weighted by molar-refractivity contribution is 5.79. The minimum absolute atomic E-state index is 0.0184. The molecule has 0 aliphatic carbocycles. The van der Waals surface area contributed by atoms with Gasteiger partial charge in [-0.15, -0.1) is 0 Å². The minimum atomic E-state index is -2.84. The van der Waals surface area contributed by atoms with Crippen LogP contribution < -0.4 is 14.8 Å². The van der Waals surface area contributed by atoms with E-state index in [-0.39, 0.29) is 18.3 Å². The Morgan fingerprint density at radius 2 is 1.77 bits per heavy atom. The lowest BCUT2D eigenvalue weighted by atomic mass is 10.2. The number of ether oxygens (including phenoxy) is 2. The number of nitrogens with one attached hydrogen (secondary N) is 1. The van der Waals surface area contributed by atoms with Crippen LogP contribution in [0.1, 0.15) is 11.1 Å². The molecule has 2 rings (SSSR count). The quantitative estimate of drug-likeness (QED) is 0.486. The lowest BCUT2D eigenvalue weighted by Crippen LogP contribution is -2.38. The third kappa shape index (κ3) is 8.12. The fraction of sp³-hybridized carbons (Fsp3) is 0.364. The van der Waals surface area contributed by atoms with E-state index in [1.807, 2.05) is 30.1 Å². The van der Waals surface area contributed by atoms with Crippen LogP contribution in [0.4, 0.5) is 8.78 Å². The molecule has 1 N–H and O–H groups in total. The number of hydrogen-bond donors (Lipinski definition) is 1. The number of nitrogens with zero attached hydrogens (tertiary/aromatic N) is 3. The second-order valence-electron chi connectivity index (χ2n) is 7.00. The molecule has 0 spiro atoms. The molecule has 0 radical (unpaired) electrons. The smallest absolute Gasteiger partial charge is 0.387 e. The van der Waals surface area contributed by atoms with Crippen LogP contribution in [0.15, 0.2) is 53.5 Å². The molecule has 0 fully saturated rings. The zero-order chi connectivity index (χ0) is 22.8. The fourth-order valence-electron chi connectivity index (χ4n) is 2.71. The van der Waals surface area contributed by atoms with Crippen molar-refractivity contribution in [3.63, 3.8) is 0 Å². The Morgan fingerprint density at radius 1 is 1.06 bits per heavy atom. The number of benzene rings is 2. The number of guanidine groups is 1. The number of halogens is 2. The zero-order valence-corrected chi connectivity index (χ0v) is 18.1. The number of aliphatic imine (C=N–C) groups is 1. The van der Waals surface area contributed by atoms with E-state index in [4.69, 9.17) is 4.74 Å². The van der Waals surface area contributed by atoms with Gasteiger partial charge in [-0.05, 0) is 35.4 Å². The van der Waals surface area contributed by atoms with Gasteiger partial charge >= 0.3 is 6.61 Å². The van der Waals surface area contributed by atoms with Crippen molar-refractivity contribution < 1.29 is 23.0 Å². The average molecular weight is 434 g/mol. The SMILES string of the molecule is CN=C(NCc1cccc(OCC(=O)N(C)C)c1)N(C)Cc1ccc(OC(F)F)cc1. The molecule has 9 heteroatoms. The molecular formula is C22H28F2N4O3. The van der Waals surface area contributed by atoms with Crippen molar-refractivity contribution in [2.45, 2.75) is 19.7 Å². The molecule has 7 nitrogen and oxygen atoms in total. The number of alkyl halides is 2. The number of hydrogen-bond acceptors (Lipinski definition) is 4. The average Bonchev–Trinajstić information content (AvgIpc) is 2.73. The molecular weight excluding hydrogens is 406 g/mol. The first-order valence-electron chi connectivity index (χ1n) is 9.66. The summed E-state index contributed by atoms with van der Waals surface area (Å²) < 4.78 is 34.4. The van der Waals surface area contributed by atoms with Gasteiger partial charge in [0.15, 0.2) is 12.6 Å². The molecule has 2 aromatic rings. The third-order valence-corrected chi connectivity index (χ3v) is 4.35. The van der Waals surface area contributed by atoms with Crippen molar-refractivity contribution in [3.05, 3.63) is 59.7 Å². The van der Waals surface area contributed by atoms with Crippen LogP contribution in [0, 0.1) is 0 Å². The second-order valence-corrected chi connectivity index (χ2v) is 7.00. The van der Waals surface area contributed by atoms with Gasteiger partial charge in [0, 0.05) is 41.3 Å². The van der Waals surface area contributed by atoms with Crippen LogP contribution in [-0.2, 0) is 17.9 Å². The molecule has 31 heavy (non-hydrogen) atoms. The predicted octanol–water partition coefficient (Wildman–Crippen LogP) is 2.96. The van der Waals surface area contributed by atoms with Gasteiger partial charge in [-0.1, -0.05) is 24.3 Å². The van der Waals surface area contributed by atoms with Gasteiger partial charge in [-0.3, -0.25) is 9.79 Å². The normalized spacial score (nSPS) is 11.3. The van der Waals surface area contributed by atoms with E-state index in [2.05, 4.69) is 15.0 Å². The molecule has 2 aromatic carbocycles. The summed E-state index contributed by atoms with van der Waals surface area (Å²) in [5, 5.41) is 3.27. The van der Waals surface area contributed by atoms with E-state index in [1.54, 1.807) is 39.3 Å². The number of carbonyl (C=O) groups excluding carboxylic acids is 1. The van der Waals surface area contributed by atoms with Gasteiger partial charge in [0.05, 0.1) is 0 Å². The first-order chi connectivity index (χ1) is 14.8. The Labute approximate surface area is 181 Å². The van der Waals surface area contributed by atoms with Crippen LogP contribution in [0.25, 0.3) is 0 Å². The van der Waals surface area contributed by atoms with Crippen molar-refractivity contribution in [1.29, 1.82) is 0 Å². The summed E-state index contributed by atoms with van der Waals surface area (Å²) in [5.41, 5.74) is 1.89. The van der Waals surface area contributed by atoms with E-state index in [1.165, 1.54) is 17.0 Å². The molecule has 0 bridgehead atoms. The predicted molar refractivity (Wildman–Crippen MR) is 115 cm³/mol. The lowest BCUT2D eigenvalue weighted by molar-refractivity contribution is -0.130. The highest BCUT2D eigenvalue weighted by Gasteiger charge is 2.09. The summed E-state index contributed by atoms with van der Waals surface area (Å²) in [6, 6.07) is 14.0. The van der Waals surface area contributed by atoms with E-state index in [9.17, 15) is 13.6 Å². The van der Waals surface area contributed by atoms with Crippen LogP contribution in [0.3, 0.4) is 0 Å². The molecule has 0 saturated carbocycles. The zero-order valence-electron chi connectivity index (χ0n) is 18.1. The lowest BCUT2D eigenvalue weighted by Gasteiger charge is -2.22. The van der Waals surface area contributed by atoms with E-state index >= 15 is 0 Å². The maximum Gasteiger partial charge on any atom is 0.387 e.